The molecule has 6 rings (SSSR count). The molecular formula is C18H17F3N2O4S2. The molecule has 0 radical (unpaired) electrons. The normalized spacial score (nSPS) is 29.7. The maximum atomic E-state index is 12.8. The van der Waals surface area contributed by atoms with E-state index in [0.717, 1.165) is 23.0 Å². The smallest absolute Gasteiger partial charge is 0.434 e. The van der Waals surface area contributed by atoms with Crippen molar-refractivity contribution < 1.29 is 30.8 Å². The highest BCUT2D eigenvalue weighted by Gasteiger charge is 2.70. The number of halogens is 3. The van der Waals surface area contributed by atoms with Gasteiger partial charge in [-0.05, 0) is 44.2 Å². The number of amides is 1. The molecule has 0 atom stereocenters. The summed E-state index contributed by atoms with van der Waals surface area (Å²) in [7, 11) is -3.34. The summed E-state index contributed by atoms with van der Waals surface area (Å²) in [6.07, 6.45) is -0.730. The van der Waals surface area contributed by atoms with Crippen LogP contribution < -0.4 is 5.32 Å². The van der Waals surface area contributed by atoms with E-state index in [-0.39, 0.29) is 16.9 Å². The van der Waals surface area contributed by atoms with Crippen molar-refractivity contribution in [1.82, 2.24) is 10.3 Å². The first-order valence-corrected chi connectivity index (χ1v) is 11.8. The van der Waals surface area contributed by atoms with Crippen molar-refractivity contribution >= 4 is 27.1 Å². The van der Waals surface area contributed by atoms with Crippen LogP contribution in [0.3, 0.4) is 0 Å². The zero-order valence-corrected chi connectivity index (χ0v) is 16.9. The van der Waals surface area contributed by atoms with E-state index in [1.807, 2.05) is 0 Å². The average Bonchev–Trinajstić information content (AvgIpc) is 3.01. The maximum absolute atomic E-state index is 12.8. The van der Waals surface area contributed by atoms with Crippen LogP contribution >= 0.6 is 11.3 Å². The molecule has 0 saturated heterocycles. The average molecular weight is 446 g/mol. The van der Waals surface area contributed by atoms with Crippen LogP contribution in [-0.2, 0) is 26.2 Å². The first kappa shape index (κ1) is 19.1. The third-order valence-corrected chi connectivity index (χ3v) is 9.47. The summed E-state index contributed by atoms with van der Waals surface area (Å²) >= 11 is 1.01. The van der Waals surface area contributed by atoms with Crippen molar-refractivity contribution in [1.29, 1.82) is 0 Å². The third kappa shape index (κ3) is 2.69. The highest BCUT2D eigenvalue weighted by Crippen LogP contribution is 2.68. The van der Waals surface area contributed by atoms with E-state index in [0.29, 0.717) is 37.1 Å². The Kier molecular flexibility index (Phi) is 3.57. The van der Waals surface area contributed by atoms with Gasteiger partial charge in [-0.25, -0.2) is 13.4 Å². The van der Waals surface area contributed by atoms with E-state index in [1.165, 1.54) is 12.1 Å². The van der Waals surface area contributed by atoms with Crippen LogP contribution in [0.15, 0.2) is 21.9 Å². The Morgan fingerprint density at radius 3 is 2.41 bits per heavy atom. The standard InChI is InChI=1S/C18H17F3N2O4S2/c1-29(25,26)17(4-5-17)12-3-2-10(27-12)13(24)23-16-7-15(8-16,9-16)14-22-11(6-28-14)18(19,20)21/h2-3,6H,4-5,7-9H2,1H3,(H,23,24). The monoisotopic (exact) mass is 446 g/mol. The topological polar surface area (TPSA) is 89.3 Å². The minimum Gasteiger partial charge on any atom is -0.454 e. The van der Waals surface area contributed by atoms with Crippen LogP contribution in [0.1, 0.15) is 59.1 Å². The van der Waals surface area contributed by atoms with E-state index in [4.69, 9.17) is 4.42 Å². The van der Waals surface area contributed by atoms with Crippen LogP contribution in [0.5, 0.6) is 0 Å². The molecule has 11 heteroatoms. The van der Waals surface area contributed by atoms with Gasteiger partial charge < -0.3 is 9.73 Å². The lowest BCUT2D eigenvalue weighted by molar-refractivity contribution is -0.141. The maximum Gasteiger partial charge on any atom is 0.434 e. The van der Waals surface area contributed by atoms with Gasteiger partial charge in [-0.15, -0.1) is 11.3 Å². The van der Waals surface area contributed by atoms with E-state index >= 15 is 0 Å². The number of furan rings is 1. The summed E-state index contributed by atoms with van der Waals surface area (Å²) in [5.74, 6) is -0.118. The van der Waals surface area contributed by atoms with Gasteiger partial charge in [0.1, 0.15) is 10.5 Å². The summed E-state index contributed by atoms with van der Waals surface area (Å²) in [6, 6.07) is 2.99. The molecule has 6 nitrogen and oxygen atoms in total. The van der Waals surface area contributed by atoms with Crippen molar-refractivity contribution in [3.63, 3.8) is 0 Å². The second-order valence-corrected chi connectivity index (χ2v) is 11.7. The van der Waals surface area contributed by atoms with E-state index in [9.17, 15) is 26.4 Å². The molecule has 4 aliphatic rings. The van der Waals surface area contributed by atoms with Gasteiger partial charge in [0.15, 0.2) is 21.3 Å². The number of alkyl halides is 3. The summed E-state index contributed by atoms with van der Waals surface area (Å²) in [5, 5.41) is 4.39. The Labute approximate surface area is 168 Å². The first-order valence-electron chi connectivity index (χ1n) is 9.04. The molecule has 4 saturated carbocycles. The number of hydrogen-bond acceptors (Lipinski definition) is 6. The molecule has 29 heavy (non-hydrogen) atoms. The van der Waals surface area contributed by atoms with E-state index < -0.39 is 37.9 Å². The number of nitrogens with one attached hydrogen (secondary N) is 1. The van der Waals surface area contributed by atoms with Crippen LogP contribution in [0, 0.1) is 0 Å². The van der Waals surface area contributed by atoms with Gasteiger partial charge in [-0.2, -0.15) is 13.2 Å². The van der Waals surface area contributed by atoms with Gasteiger partial charge in [0.2, 0.25) is 0 Å². The minimum atomic E-state index is -4.45. The third-order valence-electron chi connectivity index (χ3n) is 6.35. The first-order chi connectivity index (χ1) is 13.4. The largest absolute Gasteiger partial charge is 0.454 e. The lowest BCUT2D eigenvalue weighted by Crippen LogP contribution is -2.76. The molecule has 1 N–H and O–H groups in total. The molecule has 0 aliphatic heterocycles. The highest BCUT2D eigenvalue weighted by molar-refractivity contribution is 7.91. The molecule has 2 aromatic heterocycles. The predicted octanol–water partition coefficient (Wildman–Crippen LogP) is 3.39. The molecule has 1 amide bonds. The van der Waals surface area contributed by atoms with Crippen LogP contribution in [-0.4, -0.2) is 31.1 Å². The lowest BCUT2D eigenvalue weighted by Gasteiger charge is -2.69. The number of nitrogens with zero attached hydrogens (tertiary/aromatic N) is 1. The molecule has 2 aromatic rings. The summed E-state index contributed by atoms with van der Waals surface area (Å²) in [6.45, 7) is 0. The Bertz CT molecular complexity index is 1110. The molecule has 2 heterocycles. The fraction of sp³-hybridized carbons (Fsp3) is 0.556. The summed E-state index contributed by atoms with van der Waals surface area (Å²) < 4.78 is 66.8. The number of aromatic nitrogens is 1. The fourth-order valence-electron chi connectivity index (χ4n) is 4.72. The quantitative estimate of drug-likeness (QED) is 0.761. The number of carbonyl (C=O) groups excluding carboxylic acids is 1. The molecule has 4 fully saturated rings. The Hall–Kier alpha value is -1.88. The molecule has 156 valence electrons. The summed E-state index contributed by atoms with van der Waals surface area (Å²) in [4.78, 5) is 16.3. The van der Waals surface area contributed by atoms with Gasteiger partial charge >= 0.3 is 6.18 Å². The van der Waals surface area contributed by atoms with E-state index in [2.05, 4.69) is 10.3 Å². The lowest BCUT2D eigenvalue weighted by atomic mass is 9.39. The van der Waals surface area contributed by atoms with Crippen LogP contribution in [0.25, 0.3) is 0 Å². The second kappa shape index (κ2) is 5.42. The van der Waals surface area contributed by atoms with Crippen LogP contribution in [0.2, 0.25) is 0 Å². The van der Waals surface area contributed by atoms with Gasteiger partial charge in [-0.3, -0.25) is 4.79 Å². The molecule has 4 aliphatic carbocycles. The number of hydrogen-bond donors (Lipinski definition) is 1. The fourth-order valence-corrected chi connectivity index (χ4v) is 7.06. The Morgan fingerprint density at radius 2 is 1.90 bits per heavy atom. The van der Waals surface area contributed by atoms with Gasteiger partial charge in [0.05, 0.1) is 5.01 Å². The van der Waals surface area contributed by atoms with Crippen molar-refractivity contribution in [2.75, 3.05) is 6.26 Å². The molecule has 0 unspecified atom stereocenters. The number of rotatable bonds is 5. The Morgan fingerprint density at radius 1 is 1.24 bits per heavy atom. The number of sulfone groups is 1. The SMILES string of the molecule is CS(=O)(=O)C1(c2ccc(C(=O)NC34CC(c5nc(C(F)(F)F)cs5)(C3)C4)o2)CC1. The van der Waals surface area contributed by atoms with Gasteiger partial charge in [0.25, 0.3) is 5.91 Å². The van der Waals surface area contributed by atoms with Gasteiger partial charge in [-0.1, -0.05) is 0 Å². The molecule has 0 spiro atoms. The second-order valence-electron chi connectivity index (χ2n) is 8.51. The van der Waals surface area contributed by atoms with Crippen molar-refractivity contribution in [2.45, 2.75) is 54.0 Å². The number of thiazole rings is 1. The Balaban J connectivity index is 1.25. The van der Waals surface area contributed by atoms with Crippen LogP contribution in [0.4, 0.5) is 13.2 Å². The molecule has 2 bridgehead atoms. The molecule has 0 aromatic carbocycles. The van der Waals surface area contributed by atoms with Crippen molar-refractivity contribution in [3.8, 4) is 0 Å². The van der Waals surface area contributed by atoms with Crippen molar-refractivity contribution in [3.05, 3.63) is 39.7 Å². The van der Waals surface area contributed by atoms with E-state index in [1.54, 1.807) is 0 Å². The summed E-state index contributed by atoms with van der Waals surface area (Å²) in [5.41, 5.74) is -1.71. The minimum absolute atomic E-state index is 0.0438. The zero-order chi connectivity index (χ0) is 20.9. The van der Waals surface area contributed by atoms with Gasteiger partial charge in [0, 0.05) is 22.6 Å². The number of carbonyl (C=O) groups is 1. The molecular weight excluding hydrogens is 429 g/mol. The predicted molar refractivity (Wildman–Crippen MR) is 97.3 cm³/mol. The zero-order valence-electron chi connectivity index (χ0n) is 15.3. The highest BCUT2D eigenvalue weighted by atomic mass is 32.2. The van der Waals surface area contributed by atoms with Crippen molar-refractivity contribution in [2.24, 2.45) is 0 Å².